The molecule has 1 atom stereocenters. The largest absolute Gasteiger partial charge is 0.454 e. The van der Waals surface area contributed by atoms with E-state index in [0.29, 0.717) is 17.2 Å². The summed E-state index contributed by atoms with van der Waals surface area (Å²) in [6.45, 7) is 6.27. The summed E-state index contributed by atoms with van der Waals surface area (Å²) in [4.78, 5) is 13.5. The third kappa shape index (κ3) is 3.62. The number of hydrogen-bond acceptors (Lipinski definition) is 4. The lowest BCUT2D eigenvalue weighted by Crippen LogP contribution is -2.22. The normalized spacial score (nSPS) is 13.7. The van der Waals surface area contributed by atoms with E-state index in [1.807, 2.05) is 13.0 Å². The summed E-state index contributed by atoms with van der Waals surface area (Å²) in [5.74, 6) is 1.34. The number of hydrogen-bond donors (Lipinski definition) is 1. The Morgan fingerprint density at radius 2 is 1.91 bits per heavy atom. The van der Waals surface area contributed by atoms with Gasteiger partial charge in [-0.25, -0.2) is 0 Å². The number of ether oxygens (including phenoxy) is 2. The number of carbonyl (C=O) groups excluding carboxylic acids is 1. The van der Waals surface area contributed by atoms with E-state index in [1.165, 1.54) is 11.1 Å². The molecule has 1 heterocycles. The summed E-state index contributed by atoms with van der Waals surface area (Å²) < 4.78 is 10.6. The topological polar surface area (TPSA) is 47.6 Å². The van der Waals surface area contributed by atoms with E-state index in [0.717, 1.165) is 4.90 Å². The zero-order valence-electron chi connectivity index (χ0n) is 13.4. The zero-order valence-corrected chi connectivity index (χ0v) is 14.2. The number of thioether (sulfide) groups is 1. The number of aryl methyl sites for hydroxylation is 2. The predicted molar refractivity (Wildman–Crippen MR) is 92.4 cm³/mol. The molecule has 1 unspecified atom stereocenters. The first-order chi connectivity index (χ1) is 11.0. The van der Waals surface area contributed by atoms with E-state index in [9.17, 15) is 4.79 Å². The van der Waals surface area contributed by atoms with Crippen LogP contribution in [-0.4, -0.2) is 18.0 Å². The number of carbonyl (C=O) groups is 1. The number of nitrogens with one attached hydrogen (secondary N) is 1. The van der Waals surface area contributed by atoms with Gasteiger partial charge in [0.15, 0.2) is 11.5 Å². The Morgan fingerprint density at radius 1 is 1.13 bits per heavy atom. The number of benzene rings is 2. The van der Waals surface area contributed by atoms with Gasteiger partial charge < -0.3 is 14.8 Å². The van der Waals surface area contributed by atoms with Crippen molar-refractivity contribution in [1.82, 2.24) is 0 Å². The summed E-state index contributed by atoms with van der Waals surface area (Å²) in [5.41, 5.74) is 3.13. The van der Waals surface area contributed by atoms with Crippen LogP contribution in [0, 0.1) is 13.8 Å². The molecule has 0 saturated heterocycles. The molecule has 5 heteroatoms. The van der Waals surface area contributed by atoms with E-state index < -0.39 is 0 Å². The van der Waals surface area contributed by atoms with Gasteiger partial charge in [0.05, 0.1) is 5.25 Å². The van der Waals surface area contributed by atoms with Crippen molar-refractivity contribution in [2.24, 2.45) is 0 Å². The first-order valence-electron chi connectivity index (χ1n) is 7.47. The van der Waals surface area contributed by atoms with Gasteiger partial charge in [-0.2, -0.15) is 0 Å². The quantitative estimate of drug-likeness (QED) is 0.856. The standard InChI is InChI=1S/C18H19NO3S/c1-11-4-7-17(12(2)8-11)23-13(3)18(20)19-14-5-6-15-16(9-14)22-10-21-15/h4-9,13H,10H2,1-3H3,(H,19,20). The van der Waals surface area contributed by atoms with Gasteiger partial charge in [-0.15, -0.1) is 11.8 Å². The second kappa shape index (κ2) is 6.54. The number of fused-ring (bicyclic) bond motifs is 1. The van der Waals surface area contributed by atoms with Crippen LogP contribution in [-0.2, 0) is 4.79 Å². The highest BCUT2D eigenvalue weighted by atomic mass is 32.2. The molecule has 0 radical (unpaired) electrons. The minimum atomic E-state index is -0.193. The monoisotopic (exact) mass is 329 g/mol. The van der Waals surface area contributed by atoms with Crippen molar-refractivity contribution < 1.29 is 14.3 Å². The first kappa shape index (κ1) is 15.7. The highest BCUT2D eigenvalue weighted by Gasteiger charge is 2.18. The van der Waals surface area contributed by atoms with Gasteiger partial charge in [0, 0.05) is 16.6 Å². The third-order valence-corrected chi connectivity index (χ3v) is 4.92. The maximum absolute atomic E-state index is 12.4. The molecule has 23 heavy (non-hydrogen) atoms. The summed E-state index contributed by atoms with van der Waals surface area (Å²) in [6.07, 6.45) is 0. The van der Waals surface area contributed by atoms with Crippen molar-refractivity contribution >= 4 is 23.4 Å². The maximum atomic E-state index is 12.4. The molecule has 1 amide bonds. The predicted octanol–water partition coefficient (Wildman–Crippen LogP) is 4.15. The lowest BCUT2D eigenvalue weighted by atomic mass is 10.2. The summed E-state index contributed by atoms with van der Waals surface area (Å²) in [6, 6.07) is 11.7. The lowest BCUT2D eigenvalue weighted by Gasteiger charge is -2.14. The second-order valence-electron chi connectivity index (χ2n) is 5.59. The van der Waals surface area contributed by atoms with Gasteiger partial charge in [-0.3, -0.25) is 4.79 Å². The maximum Gasteiger partial charge on any atom is 0.237 e. The van der Waals surface area contributed by atoms with Crippen LogP contribution < -0.4 is 14.8 Å². The molecule has 0 bridgehead atoms. The minimum absolute atomic E-state index is 0.0335. The Hall–Kier alpha value is -2.14. The molecule has 0 aromatic heterocycles. The van der Waals surface area contributed by atoms with Gasteiger partial charge >= 0.3 is 0 Å². The van der Waals surface area contributed by atoms with Gasteiger partial charge in [-0.05, 0) is 44.5 Å². The van der Waals surface area contributed by atoms with E-state index in [2.05, 4.69) is 37.4 Å². The SMILES string of the molecule is Cc1ccc(SC(C)C(=O)Nc2ccc3c(c2)OCO3)c(C)c1. The molecule has 2 aromatic rings. The molecule has 0 aliphatic carbocycles. The molecule has 0 saturated carbocycles. The number of amides is 1. The van der Waals surface area contributed by atoms with Crippen molar-refractivity contribution in [3.05, 3.63) is 47.5 Å². The van der Waals surface area contributed by atoms with E-state index in [4.69, 9.17) is 9.47 Å². The second-order valence-corrected chi connectivity index (χ2v) is 6.97. The molecule has 2 aromatic carbocycles. The zero-order chi connectivity index (χ0) is 16.4. The average molecular weight is 329 g/mol. The van der Waals surface area contributed by atoms with Crippen LogP contribution in [0.15, 0.2) is 41.3 Å². The van der Waals surface area contributed by atoms with Gasteiger partial charge in [0.2, 0.25) is 12.7 Å². The van der Waals surface area contributed by atoms with E-state index in [1.54, 1.807) is 23.9 Å². The van der Waals surface area contributed by atoms with Crippen molar-refractivity contribution in [3.8, 4) is 11.5 Å². The number of anilines is 1. The molecule has 1 aliphatic rings. The Morgan fingerprint density at radius 3 is 2.70 bits per heavy atom. The van der Waals surface area contributed by atoms with Crippen molar-refractivity contribution in [2.75, 3.05) is 12.1 Å². The summed E-state index contributed by atoms with van der Waals surface area (Å²) in [5, 5.41) is 2.73. The molecule has 0 spiro atoms. The van der Waals surface area contributed by atoms with Crippen LogP contribution in [0.1, 0.15) is 18.1 Å². The van der Waals surface area contributed by atoms with Crippen molar-refractivity contribution in [1.29, 1.82) is 0 Å². The Kier molecular flexibility index (Phi) is 4.48. The van der Waals surface area contributed by atoms with Gasteiger partial charge in [0.25, 0.3) is 0 Å². The Labute approximate surface area is 140 Å². The molecular weight excluding hydrogens is 310 g/mol. The average Bonchev–Trinajstić information content (AvgIpc) is 2.97. The molecule has 0 fully saturated rings. The van der Waals surface area contributed by atoms with Crippen LogP contribution in [0.25, 0.3) is 0 Å². The lowest BCUT2D eigenvalue weighted by molar-refractivity contribution is -0.115. The fourth-order valence-electron chi connectivity index (χ4n) is 2.39. The Bertz CT molecular complexity index is 745. The fraction of sp³-hybridized carbons (Fsp3) is 0.278. The van der Waals surface area contributed by atoms with Crippen LogP contribution in [0.2, 0.25) is 0 Å². The van der Waals surface area contributed by atoms with Crippen LogP contribution in [0.5, 0.6) is 11.5 Å². The van der Waals surface area contributed by atoms with E-state index in [-0.39, 0.29) is 18.0 Å². The highest BCUT2D eigenvalue weighted by molar-refractivity contribution is 8.00. The van der Waals surface area contributed by atoms with E-state index >= 15 is 0 Å². The highest BCUT2D eigenvalue weighted by Crippen LogP contribution is 2.34. The van der Waals surface area contributed by atoms with Crippen LogP contribution >= 0.6 is 11.8 Å². The molecule has 1 aliphatic heterocycles. The smallest absolute Gasteiger partial charge is 0.237 e. The Balaban J connectivity index is 1.65. The first-order valence-corrected chi connectivity index (χ1v) is 8.35. The fourth-order valence-corrected chi connectivity index (χ4v) is 3.33. The molecule has 3 rings (SSSR count). The molecule has 4 nitrogen and oxygen atoms in total. The van der Waals surface area contributed by atoms with Gasteiger partial charge in [0.1, 0.15) is 0 Å². The van der Waals surface area contributed by atoms with Crippen LogP contribution in [0.3, 0.4) is 0 Å². The molecular formula is C18H19NO3S. The summed E-state index contributed by atoms with van der Waals surface area (Å²) >= 11 is 1.56. The molecule has 1 N–H and O–H groups in total. The van der Waals surface area contributed by atoms with Crippen LogP contribution in [0.4, 0.5) is 5.69 Å². The minimum Gasteiger partial charge on any atom is -0.454 e. The van der Waals surface area contributed by atoms with Crippen molar-refractivity contribution in [2.45, 2.75) is 30.9 Å². The third-order valence-electron chi connectivity index (χ3n) is 3.64. The summed E-state index contributed by atoms with van der Waals surface area (Å²) in [7, 11) is 0. The van der Waals surface area contributed by atoms with Crippen molar-refractivity contribution in [3.63, 3.8) is 0 Å². The van der Waals surface area contributed by atoms with Gasteiger partial charge in [-0.1, -0.05) is 17.7 Å². The number of rotatable bonds is 4. The molecule has 120 valence electrons.